The molecule has 0 atom stereocenters. The minimum atomic E-state index is -4.43. The van der Waals surface area contributed by atoms with E-state index in [0.29, 0.717) is 0 Å². The van der Waals surface area contributed by atoms with Crippen molar-refractivity contribution in [2.45, 2.75) is 12.6 Å². The Kier molecular flexibility index (Phi) is 6.09. The van der Waals surface area contributed by atoms with Gasteiger partial charge in [-0.05, 0) is 5.56 Å². The van der Waals surface area contributed by atoms with Crippen LogP contribution in [-0.4, -0.2) is 27.1 Å². The number of aliphatic imine (C=N–C) groups is 1. The van der Waals surface area contributed by atoms with Gasteiger partial charge in [0.2, 0.25) is 5.69 Å². The fraction of sp³-hybridized carbons (Fsp3) is 0.125. The summed E-state index contributed by atoms with van der Waals surface area (Å²) in [6.07, 6.45) is -5.63. The van der Waals surface area contributed by atoms with E-state index in [1.54, 1.807) is 11.5 Å². The molecule has 2 N–H and O–H groups in total. The monoisotopic (exact) mass is 409 g/mol. The summed E-state index contributed by atoms with van der Waals surface area (Å²) >= 11 is 0. The van der Waals surface area contributed by atoms with Crippen LogP contribution in [0, 0.1) is 31.6 Å². The van der Waals surface area contributed by atoms with Crippen LogP contribution < -0.4 is 5.48 Å². The molecule has 2 aromatic rings. The third-order valence-electron chi connectivity index (χ3n) is 3.55. The first-order valence-electron chi connectivity index (χ1n) is 7.57. The first-order chi connectivity index (χ1) is 13.6. The molecule has 0 bridgehead atoms. The predicted octanol–water partition coefficient (Wildman–Crippen LogP) is 3.54. The van der Waals surface area contributed by atoms with Crippen LogP contribution in [0.4, 0.5) is 30.2 Å². The zero-order valence-corrected chi connectivity index (χ0v) is 14.2. The first kappa shape index (κ1) is 21.3. The Bertz CT molecular complexity index is 994. The van der Waals surface area contributed by atoms with E-state index in [-0.39, 0.29) is 16.7 Å². The van der Waals surface area contributed by atoms with Gasteiger partial charge in [0.15, 0.2) is 5.84 Å². The number of hydrogen-bond donors (Lipinski definition) is 2. The fourth-order valence-electron chi connectivity index (χ4n) is 2.34. The molecular weight excluding hydrogens is 399 g/mol. The molecule has 2 aromatic carbocycles. The van der Waals surface area contributed by atoms with E-state index in [9.17, 15) is 38.6 Å². The molecule has 0 fully saturated rings. The van der Waals surface area contributed by atoms with Crippen LogP contribution in [0.3, 0.4) is 0 Å². The third kappa shape index (κ3) is 5.23. The lowest BCUT2D eigenvalue weighted by Gasteiger charge is -2.09. The Morgan fingerprint density at radius 1 is 1.14 bits per heavy atom. The lowest BCUT2D eigenvalue weighted by atomic mass is 10.1. The molecule has 0 aliphatic heterocycles. The van der Waals surface area contributed by atoms with Crippen molar-refractivity contribution in [1.82, 2.24) is 5.48 Å². The van der Waals surface area contributed by atoms with Crippen molar-refractivity contribution >= 4 is 22.9 Å². The van der Waals surface area contributed by atoms with Gasteiger partial charge in [-0.2, -0.15) is 18.4 Å². The quantitative estimate of drug-likeness (QED) is 0.331. The molecule has 0 saturated carbocycles. The second kappa shape index (κ2) is 8.31. The molecule has 0 radical (unpaired) electrons. The minimum Gasteiger partial charge on any atom is -0.290 e. The van der Waals surface area contributed by atoms with Gasteiger partial charge in [-0.15, -0.1) is 0 Å². The number of nitro benzene ring substituents is 2. The average Bonchev–Trinajstić information content (AvgIpc) is 2.64. The standard InChI is InChI=1S/C16H10F3N5O5/c17-16(18,19)7-9-1-3-11(4-2-9)15(22-25)21-14-12(23(26)27)5-10(8-20)6-13(14)24(28)29/h1-6,25H,7H2,(H,21,22). The zero-order chi connectivity index (χ0) is 21.8. The number of halogens is 3. The van der Waals surface area contributed by atoms with Crippen molar-refractivity contribution in [1.29, 1.82) is 5.26 Å². The Balaban J connectivity index is 2.59. The van der Waals surface area contributed by atoms with Gasteiger partial charge in [0.25, 0.3) is 0 Å². The van der Waals surface area contributed by atoms with E-state index >= 15 is 0 Å². The molecule has 13 heteroatoms. The van der Waals surface area contributed by atoms with Crippen LogP contribution in [0.1, 0.15) is 16.7 Å². The summed E-state index contributed by atoms with van der Waals surface area (Å²) in [5.41, 5.74) is -1.30. The van der Waals surface area contributed by atoms with E-state index in [1.165, 1.54) is 0 Å². The lowest BCUT2D eigenvalue weighted by Crippen LogP contribution is -2.20. The Labute approximate surface area is 159 Å². The van der Waals surface area contributed by atoms with Crippen LogP contribution in [0.2, 0.25) is 0 Å². The van der Waals surface area contributed by atoms with Crippen molar-refractivity contribution in [3.63, 3.8) is 0 Å². The summed E-state index contributed by atoms with van der Waals surface area (Å²) in [6, 6.07) is 7.57. The highest BCUT2D eigenvalue weighted by molar-refractivity contribution is 6.01. The molecule has 2 rings (SSSR count). The van der Waals surface area contributed by atoms with Gasteiger partial charge in [-0.3, -0.25) is 30.9 Å². The Morgan fingerprint density at radius 2 is 1.66 bits per heavy atom. The van der Waals surface area contributed by atoms with Crippen molar-refractivity contribution in [3.8, 4) is 6.07 Å². The summed E-state index contributed by atoms with van der Waals surface area (Å²) in [7, 11) is 0. The normalized spacial score (nSPS) is 11.6. The van der Waals surface area contributed by atoms with E-state index in [4.69, 9.17) is 5.26 Å². The third-order valence-corrected chi connectivity index (χ3v) is 3.55. The summed E-state index contributed by atoms with van der Waals surface area (Å²) in [5, 5.41) is 40.7. The Morgan fingerprint density at radius 3 is 2.03 bits per heavy atom. The summed E-state index contributed by atoms with van der Waals surface area (Å²) in [4.78, 5) is 24.3. The lowest BCUT2D eigenvalue weighted by molar-refractivity contribution is -0.392. The summed E-state index contributed by atoms with van der Waals surface area (Å²) < 4.78 is 37.3. The number of nitro groups is 2. The van der Waals surface area contributed by atoms with E-state index in [1.807, 2.05) is 0 Å². The van der Waals surface area contributed by atoms with Crippen LogP contribution in [0.5, 0.6) is 0 Å². The van der Waals surface area contributed by atoms with Gasteiger partial charge in [0, 0.05) is 17.7 Å². The van der Waals surface area contributed by atoms with Crippen LogP contribution in [0.25, 0.3) is 0 Å². The van der Waals surface area contributed by atoms with E-state index < -0.39 is 45.3 Å². The average molecular weight is 409 g/mol. The first-order valence-corrected chi connectivity index (χ1v) is 7.57. The molecule has 150 valence electrons. The van der Waals surface area contributed by atoms with Crippen molar-refractivity contribution in [2.24, 2.45) is 4.99 Å². The highest BCUT2D eigenvalue weighted by Crippen LogP contribution is 2.38. The van der Waals surface area contributed by atoms with Gasteiger partial charge in [-0.1, -0.05) is 24.3 Å². The topological polar surface area (TPSA) is 155 Å². The molecule has 0 spiro atoms. The molecule has 10 nitrogen and oxygen atoms in total. The Hall–Kier alpha value is -4.05. The number of nitrogens with zero attached hydrogens (tertiary/aromatic N) is 4. The molecule has 0 heterocycles. The second-order valence-electron chi connectivity index (χ2n) is 5.55. The minimum absolute atomic E-state index is 0.00591. The van der Waals surface area contributed by atoms with Crippen molar-refractivity contribution in [3.05, 3.63) is 73.3 Å². The molecule has 0 unspecified atom stereocenters. The number of rotatable bonds is 5. The predicted molar refractivity (Wildman–Crippen MR) is 91.8 cm³/mol. The smallest absolute Gasteiger partial charge is 0.290 e. The van der Waals surface area contributed by atoms with Crippen molar-refractivity contribution < 1.29 is 28.2 Å². The number of nitrogens with one attached hydrogen (secondary N) is 1. The SMILES string of the molecule is N#Cc1cc([N+](=O)[O-])c(N=C(NO)c2ccc(CC(F)(F)F)cc2)c([N+](=O)[O-])c1. The molecule has 0 aromatic heterocycles. The number of hydrogen-bond acceptors (Lipinski definition) is 7. The summed E-state index contributed by atoms with van der Waals surface area (Å²) in [5.74, 6) is -0.487. The molecule has 0 amide bonds. The fourth-order valence-corrected chi connectivity index (χ4v) is 2.34. The molecule has 0 aliphatic carbocycles. The molecular formula is C16H10F3N5O5. The van der Waals surface area contributed by atoms with Crippen LogP contribution >= 0.6 is 0 Å². The van der Waals surface area contributed by atoms with E-state index in [2.05, 4.69) is 4.99 Å². The maximum Gasteiger partial charge on any atom is 0.393 e. The van der Waals surface area contributed by atoms with Crippen molar-refractivity contribution in [2.75, 3.05) is 0 Å². The maximum atomic E-state index is 12.4. The molecule has 0 saturated heterocycles. The highest BCUT2D eigenvalue weighted by atomic mass is 19.4. The number of alkyl halides is 3. The van der Waals surface area contributed by atoms with Crippen LogP contribution in [-0.2, 0) is 6.42 Å². The largest absolute Gasteiger partial charge is 0.393 e. The van der Waals surface area contributed by atoms with Gasteiger partial charge in [0.1, 0.15) is 0 Å². The van der Waals surface area contributed by atoms with Gasteiger partial charge < -0.3 is 0 Å². The number of benzene rings is 2. The number of amidine groups is 1. The van der Waals surface area contributed by atoms with Gasteiger partial charge in [0.05, 0.1) is 27.9 Å². The second-order valence-corrected chi connectivity index (χ2v) is 5.55. The zero-order valence-electron chi connectivity index (χ0n) is 14.2. The maximum absolute atomic E-state index is 12.4. The highest BCUT2D eigenvalue weighted by Gasteiger charge is 2.29. The van der Waals surface area contributed by atoms with Gasteiger partial charge >= 0.3 is 17.6 Å². The molecule has 29 heavy (non-hydrogen) atoms. The van der Waals surface area contributed by atoms with E-state index in [0.717, 1.165) is 36.4 Å². The number of nitriles is 1. The molecule has 0 aliphatic rings. The summed E-state index contributed by atoms with van der Waals surface area (Å²) in [6.45, 7) is 0. The van der Waals surface area contributed by atoms with Gasteiger partial charge in [-0.25, -0.2) is 4.99 Å². The van der Waals surface area contributed by atoms with Crippen LogP contribution in [0.15, 0.2) is 41.4 Å². The number of hydroxylamine groups is 1.